The van der Waals surface area contributed by atoms with Crippen LogP contribution in [0, 0.1) is 0 Å². The molecule has 1 aromatic carbocycles. The molecule has 2 unspecified atom stereocenters. The third-order valence-electron chi connectivity index (χ3n) is 4.11. The molecule has 2 aliphatic heterocycles. The van der Waals surface area contributed by atoms with Gasteiger partial charge in [0.25, 0.3) is 0 Å². The lowest BCUT2D eigenvalue weighted by Gasteiger charge is -2.25. The second-order valence-electron chi connectivity index (χ2n) is 5.58. The van der Waals surface area contributed by atoms with Crippen molar-refractivity contribution in [2.75, 3.05) is 13.1 Å². The molecule has 0 amide bonds. The predicted molar refractivity (Wildman–Crippen MR) is 76.4 cm³/mol. The van der Waals surface area contributed by atoms with E-state index in [0.717, 1.165) is 48.7 Å². The fourth-order valence-corrected chi connectivity index (χ4v) is 3.42. The first-order valence-electron chi connectivity index (χ1n) is 7.03. The van der Waals surface area contributed by atoms with Gasteiger partial charge in [0, 0.05) is 24.0 Å². The number of likely N-dealkylation sites (tertiary alicyclic amines) is 1. The summed E-state index contributed by atoms with van der Waals surface area (Å²) < 4.78 is 5.93. The maximum atomic E-state index is 10.9. The minimum atomic E-state index is -0.718. The Balaban J connectivity index is 1.61. The Morgan fingerprint density at radius 3 is 3.15 bits per heavy atom. The fraction of sp³-hybridized carbons (Fsp3) is 0.533. The van der Waals surface area contributed by atoms with Gasteiger partial charge in [-0.25, -0.2) is 0 Å². The molecule has 2 aliphatic rings. The minimum Gasteiger partial charge on any atom is -0.488 e. The molecule has 1 saturated heterocycles. The average Bonchev–Trinajstić information content (AvgIpc) is 2.95. The monoisotopic (exact) mass is 295 g/mol. The number of ether oxygens (including phenoxy) is 1. The van der Waals surface area contributed by atoms with Crippen molar-refractivity contribution in [1.82, 2.24) is 4.90 Å². The summed E-state index contributed by atoms with van der Waals surface area (Å²) in [5, 5.41) is 9.69. The van der Waals surface area contributed by atoms with E-state index in [2.05, 4.69) is 4.90 Å². The lowest BCUT2D eigenvalue weighted by molar-refractivity contribution is -0.138. The van der Waals surface area contributed by atoms with Crippen LogP contribution in [-0.4, -0.2) is 41.2 Å². The Labute approximate surface area is 123 Å². The number of carboxylic acid groups (broad SMARTS) is 1. The molecule has 20 heavy (non-hydrogen) atoms. The van der Waals surface area contributed by atoms with E-state index in [4.69, 9.17) is 21.4 Å². The molecule has 1 N–H and O–H groups in total. The van der Waals surface area contributed by atoms with Gasteiger partial charge in [-0.05, 0) is 43.1 Å². The first kappa shape index (κ1) is 13.7. The molecule has 0 radical (unpaired) electrons. The lowest BCUT2D eigenvalue weighted by Crippen LogP contribution is -2.39. The highest BCUT2D eigenvalue weighted by Crippen LogP contribution is 2.32. The van der Waals surface area contributed by atoms with Gasteiger partial charge >= 0.3 is 5.97 Å². The highest BCUT2D eigenvalue weighted by molar-refractivity contribution is 6.30. The van der Waals surface area contributed by atoms with Crippen LogP contribution in [0.5, 0.6) is 5.75 Å². The normalized spacial score (nSPS) is 25.4. The Morgan fingerprint density at radius 2 is 2.35 bits per heavy atom. The Morgan fingerprint density at radius 1 is 1.50 bits per heavy atom. The van der Waals surface area contributed by atoms with E-state index in [1.165, 1.54) is 0 Å². The summed E-state index contributed by atoms with van der Waals surface area (Å²) in [6, 6.07) is 5.86. The van der Waals surface area contributed by atoms with Gasteiger partial charge in [-0.3, -0.25) is 9.69 Å². The number of carbonyl (C=O) groups is 1. The standard InChI is InChI=1S/C15H18ClNO3/c16-11-3-4-14-10(6-11)7-13(20-14)9-17-5-1-2-12(17)8-15(18)19/h3-4,6,12-13H,1-2,5,7-9H2,(H,18,19). The topological polar surface area (TPSA) is 49.8 Å². The van der Waals surface area contributed by atoms with Crippen LogP contribution < -0.4 is 4.74 Å². The summed E-state index contributed by atoms with van der Waals surface area (Å²) in [5.74, 6) is 0.192. The number of hydrogen-bond donors (Lipinski definition) is 1. The lowest BCUT2D eigenvalue weighted by atomic mass is 10.1. The van der Waals surface area contributed by atoms with Crippen molar-refractivity contribution in [3.05, 3.63) is 28.8 Å². The molecule has 5 heteroatoms. The van der Waals surface area contributed by atoms with E-state index < -0.39 is 5.97 Å². The molecule has 0 aromatic heterocycles. The van der Waals surface area contributed by atoms with Crippen molar-refractivity contribution >= 4 is 17.6 Å². The largest absolute Gasteiger partial charge is 0.488 e. The van der Waals surface area contributed by atoms with Crippen molar-refractivity contribution in [2.45, 2.75) is 37.8 Å². The molecule has 1 fully saturated rings. The molecule has 2 heterocycles. The Kier molecular flexibility index (Phi) is 3.85. The molecule has 2 atom stereocenters. The summed E-state index contributed by atoms with van der Waals surface area (Å²) in [4.78, 5) is 13.1. The minimum absolute atomic E-state index is 0.109. The fourth-order valence-electron chi connectivity index (χ4n) is 3.22. The second-order valence-corrected chi connectivity index (χ2v) is 6.02. The van der Waals surface area contributed by atoms with Crippen LogP contribution in [0.4, 0.5) is 0 Å². The van der Waals surface area contributed by atoms with Crippen LogP contribution in [0.3, 0.4) is 0 Å². The van der Waals surface area contributed by atoms with Crippen LogP contribution in [0.25, 0.3) is 0 Å². The SMILES string of the molecule is O=C(O)CC1CCCN1CC1Cc2cc(Cl)ccc2O1. The summed E-state index contributed by atoms with van der Waals surface area (Å²) in [5.41, 5.74) is 1.15. The van der Waals surface area contributed by atoms with Gasteiger partial charge in [-0.2, -0.15) is 0 Å². The average molecular weight is 296 g/mol. The number of benzene rings is 1. The van der Waals surface area contributed by atoms with Gasteiger partial charge in [0.1, 0.15) is 11.9 Å². The zero-order chi connectivity index (χ0) is 14.1. The van der Waals surface area contributed by atoms with Crippen molar-refractivity contribution in [1.29, 1.82) is 0 Å². The molecule has 1 aromatic rings. The number of nitrogens with zero attached hydrogens (tertiary/aromatic N) is 1. The highest BCUT2D eigenvalue weighted by Gasteiger charge is 2.31. The number of rotatable bonds is 4. The third-order valence-corrected chi connectivity index (χ3v) is 4.35. The molecule has 0 aliphatic carbocycles. The number of fused-ring (bicyclic) bond motifs is 1. The summed E-state index contributed by atoms with van der Waals surface area (Å²) in [7, 11) is 0. The molecular formula is C15H18ClNO3. The van der Waals surface area contributed by atoms with Gasteiger partial charge in [0.05, 0.1) is 6.42 Å². The van der Waals surface area contributed by atoms with Crippen molar-refractivity contribution < 1.29 is 14.6 Å². The molecule has 0 saturated carbocycles. The van der Waals surface area contributed by atoms with Gasteiger partial charge in [-0.15, -0.1) is 0 Å². The number of aliphatic carboxylic acids is 1. The smallest absolute Gasteiger partial charge is 0.304 e. The zero-order valence-corrected chi connectivity index (χ0v) is 12.0. The number of hydrogen-bond acceptors (Lipinski definition) is 3. The van der Waals surface area contributed by atoms with Crippen LogP contribution in [0.2, 0.25) is 5.02 Å². The van der Waals surface area contributed by atoms with Gasteiger partial charge in [-0.1, -0.05) is 11.6 Å². The van der Waals surface area contributed by atoms with E-state index in [0.29, 0.717) is 0 Å². The first-order chi connectivity index (χ1) is 9.61. The summed E-state index contributed by atoms with van der Waals surface area (Å²) in [6.45, 7) is 1.76. The molecule has 108 valence electrons. The predicted octanol–water partition coefficient (Wildman–Crippen LogP) is 2.58. The molecular weight excluding hydrogens is 278 g/mol. The maximum Gasteiger partial charge on any atom is 0.304 e. The van der Waals surface area contributed by atoms with Gasteiger partial charge in [0.15, 0.2) is 0 Å². The highest BCUT2D eigenvalue weighted by atomic mass is 35.5. The molecule has 4 nitrogen and oxygen atoms in total. The Hall–Kier alpha value is -1.26. The quantitative estimate of drug-likeness (QED) is 0.927. The van der Waals surface area contributed by atoms with Gasteiger partial charge < -0.3 is 9.84 Å². The second kappa shape index (κ2) is 5.62. The third kappa shape index (κ3) is 2.91. The van der Waals surface area contributed by atoms with E-state index in [9.17, 15) is 4.79 Å². The van der Waals surface area contributed by atoms with Crippen LogP contribution in [0.1, 0.15) is 24.8 Å². The van der Waals surface area contributed by atoms with E-state index >= 15 is 0 Å². The summed E-state index contributed by atoms with van der Waals surface area (Å²) in [6.07, 6.45) is 3.23. The van der Waals surface area contributed by atoms with Crippen LogP contribution in [-0.2, 0) is 11.2 Å². The van der Waals surface area contributed by atoms with Crippen molar-refractivity contribution in [3.63, 3.8) is 0 Å². The molecule has 0 bridgehead atoms. The van der Waals surface area contributed by atoms with Crippen molar-refractivity contribution in [3.8, 4) is 5.75 Å². The number of halogens is 1. The first-order valence-corrected chi connectivity index (χ1v) is 7.40. The zero-order valence-electron chi connectivity index (χ0n) is 11.2. The number of carboxylic acids is 1. The van der Waals surface area contributed by atoms with E-state index in [-0.39, 0.29) is 18.6 Å². The maximum absolute atomic E-state index is 10.9. The molecule has 3 rings (SSSR count). The van der Waals surface area contributed by atoms with E-state index in [1.54, 1.807) is 0 Å². The van der Waals surface area contributed by atoms with E-state index in [1.807, 2.05) is 18.2 Å². The van der Waals surface area contributed by atoms with Crippen LogP contribution >= 0.6 is 11.6 Å². The Bertz CT molecular complexity index is 520. The molecule has 0 spiro atoms. The van der Waals surface area contributed by atoms with Crippen molar-refractivity contribution in [2.24, 2.45) is 0 Å². The van der Waals surface area contributed by atoms with Crippen LogP contribution in [0.15, 0.2) is 18.2 Å². The van der Waals surface area contributed by atoms with Gasteiger partial charge in [0.2, 0.25) is 0 Å². The summed E-state index contributed by atoms with van der Waals surface area (Å²) >= 11 is 5.99.